The summed E-state index contributed by atoms with van der Waals surface area (Å²) in [6, 6.07) is 13.2. The van der Waals surface area contributed by atoms with Crippen LogP contribution in [0.3, 0.4) is 0 Å². The molecule has 6 nitrogen and oxygen atoms in total. The van der Waals surface area contributed by atoms with Gasteiger partial charge in [-0.2, -0.15) is 0 Å². The van der Waals surface area contributed by atoms with E-state index in [1.54, 1.807) is 35.6 Å². The minimum absolute atomic E-state index is 0.111. The summed E-state index contributed by atoms with van der Waals surface area (Å²) in [7, 11) is 0. The van der Waals surface area contributed by atoms with Gasteiger partial charge >= 0.3 is 0 Å². The number of carbonyl (C=O) groups excluding carboxylic acids is 1. The molecule has 30 heavy (non-hydrogen) atoms. The number of hydrogen-bond donors (Lipinski definition) is 2. The van der Waals surface area contributed by atoms with Crippen molar-refractivity contribution in [3.63, 3.8) is 0 Å². The molecule has 0 aliphatic heterocycles. The fourth-order valence-corrected chi connectivity index (χ4v) is 4.04. The van der Waals surface area contributed by atoms with Gasteiger partial charge in [0.05, 0.1) is 12.0 Å². The lowest BCUT2D eigenvalue weighted by atomic mass is 10.0. The van der Waals surface area contributed by atoms with Gasteiger partial charge in [-0.1, -0.05) is 24.3 Å². The van der Waals surface area contributed by atoms with Gasteiger partial charge in [-0.15, -0.1) is 11.3 Å². The van der Waals surface area contributed by atoms with E-state index in [0.29, 0.717) is 17.2 Å². The van der Waals surface area contributed by atoms with Crippen LogP contribution in [0.25, 0.3) is 21.3 Å². The molecule has 2 heterocycles. The van der Waals surface area contributed by atoms with Gasteiger partial charge in [-0.25, -0.2) is 9.97 Å². The molecule has 2 N–H and O–H groups in total. The molecule has 0 saturated heterocycles. The molecule has 0 aliphatic carbocycles. The first-order valence-electron chi connectivity index (χ1n) is 9.53. The summed E-state index contributed by atoms with van der Waals surface area (Å²) in [5, 5.41) is 14.4. The normalized spacial score (nSPS) is 10.9. The van der Waals surface area contributed by atoms with E-state index in [2.05, 4.69) is 52.7 Å². The zero-order valence-electron chi connectivity index (χ0n) is 16.7. The van der Waals surface area contributed by atoms with Crippen molar-refractivity contribution in [1.29, 1.82) is 0 Å². The number of hydrogen-bond acceptors (Lipinski definition) is 6. The smallest absolute Gasteiger partial charge is 0.251 e. The maximum atomic E-state index is 12.2. The van der Waals surface area contributed by atoms with Gasteiger partial charge in [0.1, 0.15) is 16.9 Å². The van der Waals surface area contributed by atoms with E-state index in [9.17, 15) is 4.79 Å². The predicted molar refractivity (Wildman–Crippen MR) is 118 cm³/mol. The molecule has 0 aliphatic rings. The number of nitrogens with one attached hydrogen (secondary N) is 1. The van der Waals surface area contributed by atoms with Crippen LogP contribution in [0.5, 0.6) is 11.6 Å². The van der Waals surface area contributed by atoms with E-state index in [0.717, 1.165) is 21.3 Å². The topological polar surface area (TPSA) is 84.3 Å². The van der Waals surface area contributed by atoms with Crippen LogP contribution in [0, 0.1) is 13.8 Å². The van der Waals surface area contributed by atoms with Crippen molar-refractivity contribution in [2.24, 2.45) is 0 Å². The molecule has 4 aromatic rings. The molecule has 0 radical (unpaired) electrons. The second kappa shape index (κ2) is 8.61. The average Bonchev–Trinajstić information content (AvgIpc) is 3.19. The minimum atomic E-state index is -0.270. The second-order valence-electron chi connectivity index (χ2n) is 6.92. The van der Waals surface area contributed by atoms with Gasteiger partial charge in [0, 0.05) is 23.1 Å². The van der Waals surface area contributed by atoms with Crippen molar-refractivity contribution in [2.45, 2.75) is 13.8 Å². The number of nitrogens with zero attached hydrogens (tertiary/aromatic N) is 2. The van der Waals surface area contributed by atoms with E-state index in [1.807, 2.05) is 0 Å². The molecule has 2 aromatic carbocycles. The molecule has 0 saturated carbocycles. The van der Waals surface area contributed by atoms with Crippen LogP contribution in [0.2, 0.25) is 0 Å². The zero-order chi connectivity index (χ0) is 21.1. The van der Waals surface area contributed by atoms with E-state index < -0.39 is 0 Å². The van der Waals surface area contributed by atoms with Crippen LogP contribution in [0.1, 0.15) is 21.5 Å². The monoisotopic (exact) mass is 419 g/mol. The molecule has 4 rings (SSSR count). The number of aliphatic hydroxyl groups is 1. The molecule has 1 amide bonds. The summed E-state index contributed by atoms with van der Waals surface area (Å²) in [5.41, 5.74) is 5.01. The number of ether oxygens (including phenoxy) is 1. The highest BCUT2D eigenvalue weighted by Crippen LogP contribution is 2.39. The van der Waals surface area contributed by atoms with Gasteiger partial charge in [-0.05, 0) is 48.7 Å². The third-order valence-corrected chi connectivity index (χ3v) is 5.75. The van der Waals surface area contributed by atoms with Gasteiger partial charge in [-0.3, -0.25) is 4.79 Å². The highest BCUT2D eigenvalue weighted by molar-refractivity contribution is 7.17. The Kier molecular flexibility index (Phi) is 5.74. The summed E-state index contributed by atoms with van der Waals surface area (Å²) in [5.74, 6) is 0.681. The summed E-state index contributed by atoms with van der Waals surface area (Å²) >= 11 is 1.54. The number of rotatable bonds is 6. The van der Waals surface area contributed by atoms with Crippen molar-refractivity contribution < 1.29 is 14.6 Å². The van der Waals surface area contributed by atoms with Crippen LogP contribution < -0.4 is 10.1 Å². The van der Waals surface area contributed by atoms with E-state index in [4.69, 9.17) is 9.84 Å². The van der Waals surface area contributed by atoms with Crippen molar-refractivity contribution in [2.75, 3.05) is 13.2 Å². The molecule has 0 unspecified atom stereocenters. The SMILES string of the molecule is Cc1ccc(-c2csc3ncnc(Oc4cccc(C(=O)NCCO)c4)c23)cc1C. The first-order valence-corrected chi connectivity index (χ1v) is 10.4. The summed E-state index contributed by atoms with van der Waals surface area (Å²) < 4.78 is 6.09. The van der Waals surface area contributed by atoms with Crippen LogP contribution in [-0.4, -0.2) is 34.1 Å². The number of benzene rings is 2. The summed E-state index contributed by atoms with van der Waals surface area (Å²) in [4.78, 5) is 21.8. The Morgan fingerprint density at radius 2 is 2.00 bits per heavy atom. The Morgan fingerprint density at radius 1 is 1.13 bits per heavy atom. The van der Waals surface area contributed by atoms with E-state index in [-0.39, 0.29) is 19.1 Å². The quantitative estimate of drug-likeness (QED) is 0.481. The molecular formula is C23H21N3O3S. The molecule has 7 heteroatoms. The predicted octanol–water partition coefficient (Wildman–Crippen LogP) is 4.49. The fraction of sp³-hybridized carbons (Fsp3) is 0.174. The lowest BCUT2D eigenvalue weighted by Gasteiger charge is -2.10. The average molecular weight is 420 g/mol. The first-order chi connectivity index (χ1) is 14.6. The molecule has 0 bridgehead atoms. The van der Waals surface area contributed by atoms with Gasteiger partial charge < -0.3 is 15.2 Å². The summed E-state index contributed by atoms with van der Waals surface area (Å²) in [6.45, 7) is 4.27. The van der Waals surface area contributed by atoms with Crippen molar-refractivity contribution in [1.82, 2.24) is 15.3 Å². The summed E-state index contributed by atoms with van der Waals surface area (Å²) in [6.07, 6.45) is 1.48. The molecule has 2 aromatic heterocycles. The Morgan fingerprint density at radius 3 is 2.80 bits per heavy atom. The Balaban J connectivity index is 1.71. The molecule has 152 valence electrons. The van der Waals surface area contributed by atoms with Crippen LogP contribution >= 0.6 is 11.3 Å². The molecule has 0 fully saturated rings. The maximum absolute atomic E-state index is 12.2. The van der Waals surface area contributed by atoms with Crippen LogP contribution in [0.15, 0.2) is 54.2 Å². The van der Waals surface area contributed by atoms with Crippen LogP contribution in [-0.2, 0) is 0 Å². The van der Waals surface area contributed by atoms with Crippen molar-refractivity contribution in [3.05, 3.63) is 70.9 Å². The van der Waals surface area contributed by atoms with Crippen LogP contribution in [0.4, 0.5) is 0 Å². The molecule has 0 spiro atoms. The minimum Gasteiger partial charge on any atom is -0.438 e. The maximum Gasteiger partial charge on any atom is 0.251 e. The highest BCUT2D eigenvalue weighted by Gasteiger charge is 2.16. The van der Waals surface area contributed by atoms with Gasteiger partial charge in [0.2, 0.25) is 5.88 Å². The van der Waals surface area contributed by atoms with Gasteiger partial charge in [0.15, 0.2) is 0 Å². The second-order valence-corrected chi connectivity index (χ2v) is 7.77. The number of carbonyl (C=O) groups is 1. The number of aryl methyl sites for hydroxylation is 2. The van der Waals surface area contributed by atoms with E-state index >= 15 is 0 Å². The number of aromatic nitrogens is 2. The Bertz CT molecular complexity index is 1220. The Labute approximate surface area is 178 Å². The third kappa shape index (κ3) is 4.03. The number of fused-ring (bicyclic) bond motifs is 1. The first kappa shape index (κ1) is 20.0. The fourth-order valence-electron chi connectivity index (χ4n) is 3.13. The molecular weight excluding hydrogens is 398 g/mol. The lowest BCUT2D eigenvalue weighted by molar-refractivity contribution is 0.0944. The number of thiophene rings is 1. The standard InChI is InChI=1S/C23H21N3O3S/c1-14-6-7-16(10-15(14)2)19-12-30-23-20(19)22(25-13-26-23)29-18-5-3-4-17(11-18)21(28)24-8-9-27/h3-7,10-13,27H,8-9H2,1-2H3,(H,24,28). The number of aliphatic hydroxyl groups excluding tert-OH is 1. The van der Waals surface area contributed by atoms with E-state index in [1.165, 1.54) is 17.5 Å². The Hall–Kier alpha value is -3.29. The zero-order valence-corrected chi connectivity index (χ0v) is 17.5. The largest absolute Gasteiger partial charge is 0.438 e. The molecule has 0 atom stereocenters. The van der Waals surface area contributed by atoms with Crippen molar-refractivity contribution in [3.8, 4) is 22.8 Å². The lowest BCUT2D eigenvalue weighted by Crippen LogP contribution is -2.26. The highest BCUT2D eigenvalue weighted by atomic mass is 32.1. The number of amides is 1. The third-order valence-electron chi connectivity index (χ3n) is 4.86. The van der Waals surface area contributed by atoms with Crippen molar-refractivity contribution >= 4 is 27.5 Å². The van der Waals surface area contributed by atoms with Gasteiger partial charge in [0.25, 0.3) is 5.91 Å².